The molecule has 21 heavy (non-hydrogen) atoms. The minimum atomic E-state index is -0.455. The maximum Gasteiger partial charge on any atom is 0.238 e. The number of methoxy groups -OCH3 is 1. The highest BCUT2D eigenvalue weighted by molar-refractivity contribution is 5.92. The fraction of sp³-hybridized carbons (Fsp3) is 0.286. The van der Waals surface area contributed by atoms with Crippen LogP contribution in [0.2, 0.25) is 0 Å². The SMILES string of the molecule is COCCNCC(=O)Nc1ccc(-n2cccn2)c(F)c1. The summed E-state index contributed by atoms with van der Waals surface area (Å²) in [5.74, 6) is -0.693. The molecule has 2 N–H and O–H groups in total. The van der Waals surface area contributed by atoms with Crippen molar-refractivity contribution in [2.75, 3.05) is 32.1 Å². The average molecular weight is 292 g/mol. The number of carbonyl (C=O) groups excluding carboxylic acids is 1. The highest BCUT2D eigenvalue weighted by atomic mass is 19.1. The molecule has 0 radical (unpaired) electrons. The van der Waals surface area contributed by atoms with Crippen LogP contribution in [-0.2, 0) is 9.53 Å². The zero-order chi connectivity index (χ0) is 15.1. The summed E-state index contributed by atoms with van der Waals surface area (Å²) in [5.41, 5.74) is 0.734. The first-order chi connectivity index (χ1) is 10.2. The van der Waals surface area contributed by atoms with Crippen molar-refractivity contribution in [2.45, 2.75) is 0 Å². The molecule has 0 saturated carbocycles. The molecule has 0 bridgehead atoms. The fourth-order valence-corrected chi connectivity index (χ4v) is 1.76. The van der Waals surface area contributed by atoms with Crippen molar-refractivity contribution in [2.24, 2.45) is 0 Å². The van der Waals surface area contributed by atoms with E-state index in [9.17, 15) is 9.18 Å². The smallest absolute Gasteiger partial charge is 0.238 e. The molecule has 2 aromatic rings. The number of aromatic nitrogens is 2. The molecule has 6 nitrogen and oxygen atoms in total. The highest BCUT2D eigenvalue weighted by Crippen LogP contribution is 2.17. The summed E-state index contributed by atoms with van der Waals surface area (Å²) in [6.07, 6.45) is 3.22. The second-order valence-electron chi connectivity index (χ2n) is 4.33. The lowest BCUT2D eigenvalue weighted by molar-refractivity contribution is -0.115. The van der Waals surface area contributed by atoms with Crippen LogP contribution in [0.5, 0.6) is 0 Å². The Morgan fingerprint density at radius 2 is 2.33 bits per heavy atom. The van der Waals surface area contributed by atoms with Crippen LogP contribution in [0.3, 0.4) is 0 Å². The molecular weight excluding hydrogens is 275 g/mol. The second-order valence-corrected chi connectivity index (χ2v) is 4.33. The molecule has 1 amide bonds. The molecule has 0 fully saturated rings. The summed E-state index contributed by atoms with van der Waals surface area (Å²) >= 11 is 0. The number of nitrogens with zero attached hydrogens (tertiary/aromatic N) is 2. The van der Waals surface area contributed by atoms with E-state index in [1.165, 1.54) is 10.7 Å². The first-order valence-electron chi connectivity index (χ1n) is 6.50. The van der Waals surface area contributed by atoms with Gasteiger partial charge in [0.25, 0.3) is 0 Å². The third kappa shape index (κ3) is 4.37. The summed E-state index contributed by atoms with van der Waals surface area (Å²) in [6.45, 7) is 1.25. The Balaban J connectivity index is 1.93. The van der Waals surface area contributed by atoms with Crippen LogP contribution >= 0.6 is 0 Å². The van der Waals surface area contributed by atoms with Gasteiger partial charge in [-0.2, -0.15) is 5.10 Å². The van der Waals surface area contributed by atoms with Crippen LogP contribution in [0, 0.1) is 5.82 Å². The van der Waals surface area contributed by atoms with Gasteiger partial charge in [-0.05, 0) is 24.3 Å². The van der Waals surface area contributed by atoms with E-state index in [2.05, 4.69) is 15.7 Å². The van der Waals surface area contributed by atoms with Gasteiger partial charge in [-0.1, -0.05) is 0 Å². The molecule has 1 heterocycles. The maximum atomic E-state index is 14.0. The predicted octanol–water partition coefficient (Wildman–Crippen LogP) is 1.19. The lowest BCUT2D eigenvalue weighted by atomic mass is 10.2. The summed E-state index contributed by atoms with van der Waals surface area (Å²) in [4.78, 5) is 11.6. The Hall–Kier alpha value is -2.25. The van der Waals surface area contributed by atoms with Crippen molar-refractivity contribution in [1.29, 1.82) is 0 Å². The molecule has 0 aliphatic heterocycles. The minimum Gasteiger partial charge on any atom is -0.383 e. The molecule has 112 valence electrons. The van der Waals surface area contributed by atoms with Gasteiger partial charge in [-0.15, -0.1) is 0 Å². The van der Waals surface area contributed by atoms with Crippen LogP contribution in [-0.4, -0.2) is 42.5 Å². The Morgan fingerprint density at radius 1 is 1.48 bits per heavy atom. The lowest BCUT2D eigenvalue weighted by Crippen LogP contribution is -2.30. The normalized spacial score (nSPS) is 10.6. The summed E-state index contributed by atoms with van der Waals surface area (Å²) in [7, 11) is 1.59. The molecule has 1 aromatic heterocycles. The van der Waals surface area contributed by atoms with E-state index in [1.54, 1.807) is 37.7 Å². The molecule has 0 atom stereocenters. The highest BCUT2D eigenvalue weighted by Gasteiger charge is 2.08. The topological polar surface area (TPSA) is 68.2 Å². The molecular formula is C14H17FN4O2. The number of hydrogen-bond acceptors (Lipinski definition) is 4. The van der Waals surface area contributed by atoms with Crippen molar-refractivity contribution in [3.8, 4) is 5.69 Å². The van der Waals surface area contributed by atoms with Gasteiger partial charge in [0.1, 0.15) is 5.69 Å². The molecule has 7 heteroatoms. The van der Waals surface area contributed by atoms with Crippen LogP contribution < -0.4 is 10.6 Å². The van der Waals surface area contributed by atoms with Crippen molar-refractivity contribution < 1.29 is 13.9 Å². The predicted molar refractivity (Wildman–Crippen MR) is 76.9 cm³/mol. The zero-order valence-corrected chi connectivity index (χ0v) is 11.7. The van der Waals surface area contributed by atoms with Gasteiger partial charge >= 0.3 is 0 Å². The number of halogens is 1. The van der Waals surface area contributed by atoms with Crippen molar-refractivity contribution >= 4 is 11.6 Å². The van der Waals surface area contributed by atoms with Gasteiger partial charge in [0, 0.05) is 31.7 Å². The number of amides is 1. The molecule has 0 saturated heterocycles. The number of ether oxygens (including phenoxy) is 1. The third-order valence-corrected chi connectivity index (χ3v) is 2.75. The Bertz CT molecular complexity index is 587. The molecule has 0 aliphatic carbocycles. The molecule has 0 unspecified atom stereocenters. The minimum absolute atomic E-state index is 0.145. The van der Waals surface area contributed by atoms with Gasteiger partial charge < -0.3 is 15.4 Å². The largest absolute Gasteiger partial charge is 0.383 e. The number of anilines is 1. The third-order valence-electron chi connectivity index (χ3n) is 2.75. The fourth-order valence-electron chi connectivity index (χ4n) is 1.76. The van der Waals surface area contributed by atoms with Gasteiger partial charge in [-0.25, -0.2) is 9.07 Å². The van der Waals surface area contributed by atoms with Crippen molar-refractivity contribution in [3.63, 3.8) is 0 Å². The van der Waals surface area contributed by atoms with Crippen LogP contribution in [0.1, 0.15) is 0 Å². The van der Waals surface area contributed by atoms with E-state index in [0.29, 0.717) is 24.5 Å². The van der Waals surface area contributed by atoms with Gasteiger partial charge in [0.2, 0.25) is 5.91 Å². The number of carbonyl (C=O) groups is 1. The Labute approximate surface area is 121 Å². The van der Waals surface area contributed by atoms with E-state index in [0.717, 1.165) is 0 Å². The van der Waals surface area contributed by atoms with E-state index < -0.39 is 5.82 Å². The Morgan fingerprint density at radius 3 is 3.00 bits per heavy atom. The standard InChI is InChI=1S/C14H17FN4O2/c1-21-8-6-16-10-14(20)18-11-3-4-13(12(15)9-11)19-7-2-5-17-19/h2-5,7,9,16H,6,8,10H2,1H3,(H,18,20). The van der Waals surface area contributed by atoms with E-state index in [4.69, 9.17) is 4.74 Å². The Kier molecular flexibility index (Phi) is 5.42. The quantitative estimate of drug-likeness (QED) is 0.752. The molecule has 0 aliphatic rings. The maximum absolute atomic E-state index is 14.0. The second kappa shape index (κ2) is 7.51. The number of hydrogen-bond donors (Lipinski definition) is 2. The van der Waals surface area contributed by atoms with E-state index in [-0.39, 0.29) is 12.5 Å². The van der Waals surface area contributed by atoms with Crippen LogP contribution in [0.4, 0.5) is 10.1 Å². The number of benzene rings is 1. The lowest BCUT2D eigenvalue weighted by Gasteiger charge is -2.08. The summed E-state index contributed by atoms with van der Waals surface area (Å²) in [5, 5.41) is 9.49. The van der Waals surface area contributed by atoms with Crippen molar-refractivity contribution in [1.82, 2.24) is 15.1 Å². The molecule has 0 spiro atoms. The first kappa shape index (κ1) is 15.1. The first-order valence-corrected chi connectivity index (χ1v) is 6.50. The monoisotopic (exact) mass is 292 g/mol. The van der Waals surface area contributed by atoms with E-state index in [1.807, 2.05) is 0 Å². The molecule has 1 aromatic carbocycles. The summed E-state index contributed by atoms with van der Waals surface area (Å²) < 4.78 is 20.2. The number of rotatable bonds is 7. The zero-order valence-electron chi connectivity index (χ0n) is 11.7. The van der Waals surface area contributed by atoms with Gasteiger partial charge in [-0.3, -0.25) is 4.79 Å². The average Bonchev–Trinajstić information content (AvgIpc) is 2.98. The van der Waals surface area contributed by atoms with E-state index >= 15 is 0 Å². The van der Waals surface area contributed by atoms with Gasteiger partial charge in [0.05, 0.1) is 13.2 Å². The van der Waals surface area contributed by atoms with Crippen LogP contribution in [0.15, 0.2) is 36.7 Å². The summed E-state index contributed by atoms with van der Waals surface area (Å²) in [6, 6.07) is 6.17. The van der Waals surface area contributed by atoms with Gasteiger partial charge in [0.15, 0.2) is 5.82 Å². The van der Waals surface area contributed by atoms with Crippen molar-refractivity contribution in [3.05, 3.63) is 42.5 Å². The van der Waals surface area contributed by atoms with Crippen LogP contribution in [0.25, 0.3) is 5.69 Å². The number of nitrogens with one attached hydrogen (secondary N) is 2. The molecule has 2 rings (SSSR count).